The van der Waals surface area contributed by atoms with Crippen LogP contribution in [0.4, 0.5) is 5.69 Å². The molecule has 0 aliphatic carbocycles. The number of nitro benzene ring substituents is 1. The Labute approximate surface area is 92.1 Å². The Morgan fingerprint density at radius 2 is 2.31 bits per heavy atom. The lowest BCUT2D eigenvalue weighted by atomic mass is 10.0. The highest BCUT2D eigenvalue weighted by Crippen LogP contribution is 2.37. The number of aliphatic hydroxyl groups excluding tert-OH is 1. The van der Waals surface area contributed by atoms with Crippen LogP contribution in [0.3, 0.4) is 0 Å². The summed E-state index contributed by atoms with van der Waals surface area (Å²) in [5.41, 5.74) is 1.23. The Kier molecular flexibility index (Phi) is 2.62. The molecule has 1 aromatic rings. The molecule has 16 heavy (non-hydrogen) atoms. The molecule has 0 spiro atoms. The molecule has 1 aliphatic rings. The van der Waals surface area contributed by atoms with E-state index < -0.39 is 11.2 Å². The van der Waals surface area contributed by atoms with Crippen LogP contribution in [0, 0.1) is 10.1 Å². The van der Waals surface area contributed by atoms with Crippen molar-refractivity contribution in [1.82, 2.24) is 0 Å². The fraction of sp³-hybridized carbons (Fsp3) is 0.273. The third kappa shape index (κ3) is 1.65. The molecule has 5 heteroatoms. The average molecular weight is 221 g/mol. The minimum Gasteiger partial charge on any atom is -0.453 e. The van der Waals surface area contributed by atoms with Gasteiger partial charge in [0.25, 0.3) is 0 Å². The van der Waals surface area contributed by atoms with E-state index in [4.69, 9.17) is 4.74 Å². The minimum absolute atomic E-state index is 0.122. The second-order valence-corrected chi connectivity index (χ2v) is 3.50. The standard InChI is InChI=1S/C11H11NO4/c1-2-7-6-8-4-3-5-9(12(14)15)10(8)16-11(7)13/h3-6,11,13H,2H2,1H3/t11-/m0/s1. The van der Waals surface area contributed by atoms with Crippen molar-refractivity contribution in [3.8, 4) is 5.75 Å². The van der Waals surface area contributed by atoms with Gasteiger partial charge in [0.05, 0.1) is 4.92 Å². The van der Waals surface area contributed by atoms with Gasteiger partial charge in [0, 0.05) is 11.6 Å². The molecule has 0 radical (unpaired) electrons. The SMILES string of the molecule is CCC1=Cc2cccc([N+](=O)[O-])c2O[C@@H]1O. The second kappa shape index (κ2) is 3.94. The van der Waals surface area contributed by atoms with E-state index in [9.17, 15) is 15.2 Å². The summed E-state index contributed by atoms with van der Waals surface area (Å²) in [5.74, 6) is 0.136. The predicted octanol–water partition coefficient (Wildman–Crippen LogP) is 2.10. The molecule has 0 fully saturated rings. The van der Waals surface area contributed by atoms with Crippen LogP contribution >= 0.6 is 0 Å². The average Bonchev–Trinajstić information content (AvgIpc) is 2.27. The van der Waals surface area contributed by atoms with E-state index in [-0.39, 0.29) is 11.4 Å². The number of hydrogen-bond donors (Lipinski definition) is 1. The van der Waals surface area contributed by atoms with Crippen molar-refractivity contribution in [1.29, 1.82) is 0 Å². The molecule has 0 amide bonds. The number of ether oxygens (including phenoxy) is 1. The number of nitro groups is 1. The van der Waals surface area contributed by atoms with Gasteiger partial charge in [0.1, 0.15) is 0 Å². The van der Waals surface area contributed by atoms with Gasteiger partial charge in [0.15, 0.2) is 0 Å². The predicted molar refractivity (Wildman–Crippen MR) is 58.0 cm³/mol. The molecule has 1 N–H and O–H groups in total. The molecule has 0 saturated heterocycles. The first kappa shape index (κ1) is 10.6. The Morgan fingerprint density at radius 3 is 2.94 bits per heavy atom. The van der Waals surface area contributed by atoms with Crippen LogP contribution in [0.25, 0.3) is 6.08 Å². The fourth-order valence-corrected chi connectivity index (χ4v) is 1.66. The number of nitrogens with zero attached hydrogens (tertiary/aromatic N) is 1. The molecule has 1 aliphatic heterocycles. The smallest absolute Gasteiger partial charge is 0.311 e. The zero-order chi connectivity index (χ0) is 11.7. The van der Waals surface area contributed by atoms with Crippen LogP contribution in [-0.4, -0.2) is 16.3 Å². The quantitative estimate of drug-likeness (QED) is 0.613. The first-order chi connectivity index (χ1) is 7.63. The summed E-state index contributed by atoms with van der Waals surface area (Å²) in [6.45, 7) is 1.89. The first-order valence-corrected chi connectivity index (χ1v) is 4.96. The number of benzene rings is 1. The monoisotopic (exact) mass is 221 g/mol. The lowest BCUT2D eigenvalue weighted by Gasteiger charge is -2.22. The van der Waals surface area contributed by atoms with E-state index in [1.165, 1.54) is 6.07 Å². The van der Waals surface area contributed by atoms with Crippen LogP contribution in [0.2, 0.25) is 0 Å². The molecule has 0 unspecified atom stereocenters. The van der Waals surface area contributed by atoms with Crippen molar-refractivity contribution in [3.63, 3.8) is 0 Å². The van der Waals surface area contributed by atoms with Gasteiger partial charge in [-0.15, -0.1) is 0 Å². The van der Waals surface area contributed by atoms with Gasteiger partial charge < -0.3 is 9.84 Å². The Bertz CT molecular complexity index is 467. The van der Waals surface area contributed by atoms with Gasteiger partial charge >= 0.3 is 5.69 Å². The molecule has 0 saturated carbocycles. The highest BCUT2D eigenvalue weighted by molar-refractivity contribution is 5.68. The summed E-state index contributed by atoms with van der Waals surface area (Å²) >= 11 is 0. The molecule has 1 heterocycles. The zero-order valence-electron chi connectivity index (χ0n) is 8.71. The third-order valence-electron chi connectivity index (χ3n) is 2.52. The molecule has 0 bridgehead atoms. The van der Waals surface area contributed by atoms with Gasteiger partial charge in [-0.05, 0) is 18.1 Å². The molecule has 2 rings (SSSR count). The van der Waals surface area contributed by atoms with Gasteiger partial charge in [-0.1, -0.05) is 19.1 Å². The fourth-order valence-electron chi connectivity index (χ4n) is 1.66. The van der Waals surface area contributed by atoms with E-state index >= 15 is 0 Å². The summed E-state index contributed by atoms with van der Waals surface area (Å²) < 4.78 is 5.17. The maximum Gasteiger partial charge on any atom is 0.311 e. The van der Waals surface area contributed by atoms with E-state index in [1.54, 1.807) is 18.2 Å². The molecule has 1 atom stereocenters. The zero-order valence-corrected chi connectivity index (χ0v) is 8.71. The normalized spacial score (nSPS) is 18.4. The van der Waals surface area contributed by atoms with Gasteiger partial charge in [-0.2, -0.15) is 0 Å². The second-order valence-electron chi connectivity index (χ2n) is 3.50. The maximum absolute atomic E-state index is 10.8. The minimum atomic E-state index is -1.08. The van der Waals surface area contributed by atoms with Crippen LogP contribution < -0.4 is 4.74 Å². The largest absolute Gasteiger partial charge is 0.453 e. The van der Waals surface area contributed by atoms with Gasteiger partial charge in [-0.25, -0.2) is 0 Å². The summed E-state index contributed by atoms with van der Waals surface area (Å²) in [4.78, 5) is 10.2. The molecule has 5 nitrogen and oxygen atoms in total. The van der Waals surface area contributed by atoms with Crippen molar-refractivity contribution in [2.75, 3.05) is 0 Å². The van der Waals surface area contributed by atoms with Crippen molar-refractivity contribution in [2.45, 2.75) is 19.6 Å². The van der Waals surface area contributed by atoms with Gasteiger partial charge in [0.2, 0.25) is 12.0 Å². The van der Waals surface area contributed by atoms with E-state index in [0.29, 0.717) is 17.6 Å². The Hall–Kier alpha value is -1.88. The lowest BCUT2D eigenvalue weighted by molar-refractivity contribution is -0.386. The summed E-state index contributed by atoms with van der Waals surface area (Å²) in [7, 11) is 0. The summed E-state index contributed by atoms with van der Waals surface area (Å²) in [6.07, 6.45) is 1.29. The van der Waals surface area contributed by atoms with Crippen molar-refractivity contribution in [3.05, 3.63) is 39.4 Å². The maximum atomic E-state index is 10.8. The summed E-state index contributed by atoms with van der Waals surface area (Å²) in [6, 6.07) is 4.68. The molecule has 0 aromatic heterocycles. The molecular weight excluding hydrogens is 210 g/mol. The topological polar surface area (TPSA) is 72.6 Å². The molecule has 84 valence electrons. The number of fused-ring (bicyclic) bond motifs is 1. The molecule has 1 aromatic carbocycles. The molecular formula is C11H11NO4. The lowest BCUT2D eigenvalue weighted by Crippen LogP contribution is -2.22. The van der Waals surface area contributed by atoms with Crippen LogP contribution in [0.5, 0.6) is 5.75 Å². The number of aliphatic hydroxyl groups is 1. The van der Waals surface area contributed by atoms with E-state index in [2.05, 4.69) is 0 Å². The summed E-state index contributed by atoms with van der Waals surface area (Å²) in [5, 5.41) is 20.4. The van der Waals surface area contributed by atoms with Crippen LogP contribution in [0.15, 0.2) is 23.8 Å². The number of rotatable bonds is 2. The first-order valence-electron chi connectivity index (χ1n) is 4.96. The van der Waals surface area contributed by atoms with E-state index in [1.807, 2.05) is 6.92 Å². The number of hydrogen-bond acceptors (Lipinski definition) is 4. The van der Waals surface area contributed by atoms with Crippen LogP contribution in [0.1, 0.15) is 18.9 Å². The number of para-hydroxylation sites is 1. The Balaban J connectivity index is 2.55. The van der Waals surface area contributed by atoms with Crippen molar-refractivity contribution < 1.29 is 14.8 Å². The van der Waals surface area contributed by atoms with E-state index in [0.717, 1.165) is 0 Å². The third-order valence-corrected chi connectivity index (χ3v) is 2.52. The van der Waals surface area contributed by atoms with Crippen molar-refractivity contribution >= 4 is 11.8 Å². The highest BCUT2D eigenvalue weighted by atomic mass is 16.6. The van der Waals surface area contributed by atoms with Gasteiger partial charge in [-0.3, -0.25) is 10.1 Å². The highest BCUT2D eigenvalue weighted by Gasteiger charge is 2.26. The van der Waals surface area contributed by atoms with Crippen LogP contribution in [-0.2, 0) is 0 Å². The Morgan fingerprint density at radius 1 is 1.56 bits per heavy atom. The van der Waals surface area contributed by atoms with Crippen molar-refractivity contribution in [2.24, 2.45) is 0 Å².